The molecular weight excluding hydrogens is 278 g/mol. The van der Waals surface area contributed by atoms with E-state index in [4.69, 9.17) is 0 Å². The topological polar surface area (TPSA) is 52.7 Å². The molecule has 0 aromatic rings. The number of nitrogens with zero attached hydrogens (tertiary/aromatic N) is 2. The molecule has 2 heterocycles. The van der Waals surface area contributed by atoms with Crippen molar-refractivity contribution in [2.75, 3.05) is 32.7 Å². The smallest absolute Gasteiger partial charge is 0.236 e. The number of carbonyl (C=O) groups excluding carboxylic acids is 2. The Bertz CT molecular complexity index is 397. The predicted octanol–water partition coefficient (Wildman–Crippen LogP) is 1.63. The predicted molar refractivity (Wildman–Crippen MR) is 87.5 cm³/mol. The minimum atomic E-state index is -0.191. The minimum Gasteiger partial charge on any atom is -0.351 e. The molecule has 2 saturated heterocycles. The Morgan fingerprint density at radius 2 is 1.73 bits per heavy atom. The first-order chi connectivity index (χ1) is 10.3. The second-order valence-electron chi connectivity index (χ2n) is 7.75. The second-order valence-corrected chi connectivity index (χ2v) is 7.75. The fraction of sp³-hybridized carbons (Fsp3) is 0.882. The van der Waals surface area contributed by atoms with Crippen molar-refractivity contribution >= 4 is 11.8 Å². The van der Waals surface area contributed by atoms with Crippen molar-refractivity contribution in [1.82, 2.24) is 15.1 Å². The summed E-state index contributed by atoms with van der Waals surface area (Å²) >= 11 is 0. The standard InChI is InChI=1S/C17H31N3O2/c1-17(2,3)18-16(22)14-8-7-9-19(12-14)13-15(21)20-10-5-4-6-11-20/h14H,4-13H2,1-3H3,(H,18,22). The van der Waals surface area contributed by atoms with Gasteiger partial charge < -0.3 is 10.2 Å². The molecule has 0 bridgehead atoms. The Morgan fingerprint density at radius 1 is 1.05 bits per heavy atom. The van der Waals surface area contributed by atoms with Crippen LogP contribution in [0.4, 0.5) is 0 Å². The monoisotopic (exact) mass is 309 g/mol. The maximum Gasteiger partial charge on any atom is 0.236 e. The lowest BCUT2D eigenvalue weighted by Gasteiger charge is -2.35. The van der Waals surface area contributed by atoms with Crippen LogP contribution in [0.25, 0.3) is 0 Å². The number of nitrogens with one attached hydrogen (secondary N) is 1. The number of hydrogen-bond donors (Lipinski definition) is 1. The molecule has 2 aliphatic rings. The van der Waals surface area contributed by atoms with Crippen LogP contribution in [-0.2, 0) is 9.59 Å². The molecular formula is C17H31N3O2. The molecule has 126 valence electrons. The Labute approximate surface area is 134 Å². The zero-order valence-corrected chi connectivity index (χ0v) is 14.4. The van der Waals surface area contributed by atoms with E-state index in [1.54, 1.807) is 0 Å². The van der Waals surface area contributed by atoms with Gasteiger partial charge in [-0.1, -0.05) is 0 Å². The van der Waals surface area contributed by atoms with Crippen LogP contribution in [0.15, 0.2) is 0 Å². The van der Waals surface area contributed by atoms with E-state index in [0.717, 1.165) is 45.3 Å². The molecule has 2 fully saturated rings. The summed E-state index contributed by atoms with van der Waals surface area (Å²) in [5, 5.41) is 3.07. The average Bonchev–Trinajstić information content (AvgIpc) is 2.46. The molecule has 2 amide bonds. The van der Waals surface area contributed by atoms with Crippen LogP contribution in [0.5, 0.6) is 0 Å². The first-order valence-electron chi connectivity index (χ1n) is 8.67. The van der Waals surface area contributed by atoms with E-state index < -0.39 is 0 Å². The van der Waals surface area contributed by atoms with Crippen molar-refractivity contribution in [1.29, 1.82) is 0 Å². The summed E-state index contributed by atoms with van der Waals surface area (Å²) in [4.78, 5) is 28.8. The molecule has 1 atom stereocenters. The van der Waals surface area contributed by atoms with E-state index >= 15 is 0 Å². The molecule has 22 heavy (non-hydrogen) atoms. The summed E-state index contributed by atoms with van der Waals surface area (Å²) in [6.07, 6.45) is 5.42. The van der Waals surface area contributed by atoms with Crippen molar-refractivity contribution in [3.63, 3.8) is 0 Å². The van der Waals surface area contributed by atoms with Crippen molar-refractivity contribution in [2.45, 2.75) is 58.4 Å². The number of piperidine rings is 2. The van der Waals surface area contributed by atoms with Gasteiger partial charge in [0.05, 0.1) is 12.5 Å². The van der Waals surface area contributed by atoms with Gasteiger partial charge >= 0.3 is 0 Å². The van der Waals surface area contributed by atoms with Gasteiger partial charge in [0.1, 0.15) is 0 Å². The Morgan fingerprint density at radius 3 is 2.36 bits per heavy atom. The van der Waals surface area contributed by atoms with E-state index in [2.05, 4.69) is 10.2 Å². The third-order valence-electron chi connectivity index (χ3n) is 4.44. The van der Waals surface area contributed by atoms with E-state index in [1.165, 1.54) is 6.42 Å². The summed E-state index contributed by atoms with van der Waals surface area (Å²) in [7, 11) is 0. The van der Waals surface area contributed by atoms with E-state index in [-0.39, 0.29) is 23.3 Å². The number of carbonyl (C=O) groups is 2. The third kappa shape index (κ3) is 5.27. The number of likely N-dealkylation sites (tertiary alicyclic amines) is 2. The highest BCUT2D eigenvalue weighted by Gasteiger charge is 2.29. The fourth-order valence-electron chi connectivity index (χ4n) is 3.32. The highest BCUT2D eigenvalue weighted by Crippen LogP contribution is 2.18. The molecule has 2 aliphatic heterocycles. The maximum absolute atomic E-state index is 12.4. The Kier molecular flexibility index (Phi) is 5.84. The lowest BCUT2D eigenvalue weighted by Crippen LogP contribution is -2.50. The summed E-state index contributed by atoms with van der Waals surface area (Å²) < 4.78 is 0. The Hall–Kier alpha value is -1.10. The number of hydrogen-bond acceptors (Lipinski definition) is 3. The van der Waals surface area contributed by atoms with Crippen LogP contribution >= 0.6 is 0 Å². The first-order valence-corrected chi connectivity index (χ1v) is 8.67. The lowest BCUT2D eigenvalue weighted by atomic mass is 9.95. The summed E-state index contributed by atoms with van der Waals surface area (Å²) in [5.74, 6) is 0.376. The largest absolute Gasteiger partial charge is 0.351 e. The molecule has 0 saturated carbocycles. The molecule has 0 radical (unpaired) electrons. The molecule has 1 unspecified atom stereocenters. The van der Waals surface area contributed by atoms with E-state index in [9.17, 15) is 9.59 Å². The van der Waals surface area contributed by atoms with Gasteiger partial charge in [-0.25, -0.2) is 0 Å². The van der Waals surface area contributed by atoms with Gasteiger partial charge in [0, 0.05) is 25.2 Å². The highest BCUT2D eigenvalue weighted by molar-refractivity contribution is 5.80. The number of rotatable bonds is 3. The molecule has 0 aromatic carbocycles. The van der Waals surface area contributed by atoms with Crippen molar-refractivity contribution < 1.29 is 9.59 Å². The molecule has 2 rings (SSSR count). The van der Waals surface area contributed by atoms with Gasteiger partial charge in [-0.2, -0.15) is 0 Å². The SMILES string of the molecule is CC(C)(C)NC(=O)C1CCCN(CC(=O)N2CCCCC2)C1. The lowest BCUT2D eigenvalue weighted by molar-refractivity contribution is -0.135. The molecule has 5 nitrogen and oxygen atoms in total. The van der Waals surface area contributed by atoms with Gasteiger partial charge in [-0.3, -0.25) is 14.5 Å². The number of amides is 2. The Balaban J connectivity index is 1.82. The summed E-state index contributed by atoms with van der Waals surface area (Å²) in [6, 6.07) is 0. The highest BCUT2D eigenvalue weighted by atomic mass is 16.2. The molecule has 0 spiro atoms. The van der Waals surface area contributed by atoms with Crippen molar-refractivity contribution in [2.24, 2.45) is 5.92 Å². The van der Waals surface area contributed by atoms with Crippen LogP contribution in [0.3, 0.4) is 0 Å². The van der Waals surface area contributed by atoms with Crippen LogP contribution in [0.2, 0.25) is 0 Å². The van der Waals surface area contributed by atoms with Gasteiger partial charge in [0.15, 0.2) is 0 Å². The minimum absolute atomic E-state index is 0.0159. The van der Waals surface area contributed by atoms with Crippen LogP contribution in [0.1, 0.15) is 52.9 Å². The van der Waals surface area contributed by atoms with Gasteiger partial charge in [0.25, 0.3) is 0 Å². The zero-order valence-electron chi connectivity index (χ0n) is 14.4. The normalized spacial score (nSPS) is 24.1. The molecule has 0 aromatic heterocycles. The molecule has 5 heteroatoms. The van der Waals surface area contributed by atoms with E-state index in [1.807, 2.05) is 25.7 Å². The molecule has 1 N–H and O–H groups in total. The maximum atomic E-state index is 12.4. The van der Waals surface area contributed by atoms with Gasteiger partial charge in [-0.05, 0) is 59.4 Å². The first kappa shape index (κ1) is 17.3. The fourth-order valence-corrected chi connectivity index (χ4v) is 3.32. The third-order valence-corrected chi connectivity index (χ3v) is 4.44. The van der Waals surface area contributed by atoms with Gasteiger partial charge in [0.2, 0.25) is 11.8 Å². The van der Waals surface area contributed by atoms with E-state index in [0.29, 0.717) is 13.1 Å². The van der Waals surface area contributed by atoms with Crippen molar-refractivity contribution in [3.8, 4) is 0 Å². The van der Waals surface area contributed by atoms with Crippen LogP contribution < -0.4 is 5.32 Å². The van der Waals surface area contributed by atoms with Crippen LogP contribution in [-0.4, -0.2) is 59.9 Å². The zero-order chi connectivity index (χ0) is 16.2. The summed E-state index contributed by atoms with van der Waals surface area (Å²) in [6.45, 7) is 9.93. The average molecular weight is 309 g/mol. The quantitative estimate of drug-likeness (QED) is 0.862. The summed E-state index contributed by atoms with van der Waals surface area (Å²) in [5.41, 5.74) is -0.191. The van der Waals surface area contributed by atoms with Gasteiger partial charge in [-0.15, -0.1) is 0 Å². The molecule has 0 aliphatic carbocycles. The van der Waals surface area contributed by atoms with Crippen molar-refractivity contribution in [3.05, 3.63) is 0 Å². The second kappa shape index (κ2) is 7.44. The van der Waals surface area contributed by atoms with Crippen LogP contribution in [0, 0.1) is 5.92 Å².